The third-order valence-corrected chi connectivity index (χ3v) is 7.88. The van der Waals surface area contributed by atoms with Gasteiger partial charge in [0.1, 0.15) is 0 Å². The Bertz CT molecular complexity index is 1050. The number of carbonyl (C=O) groups is 1. The Morgan fingerprint density at radius 2 is 1.80 bits per heavy atom. The van der Waals surface area contributed by atoms with Crippen LogP contribution in [0.5, 0.6) is 0 Å². The molecule has 0 atom stereocenters. The summed E-state index contributed by atoms with van der Waals surface area (Å²) in [6.07, 6.45) is 1.56. The molecule has 1 aliphatic rings. The number of hydrogen-bond donors (Lipinski definition) is 1. The van der Waals surface area contributed by atoms with Crippen LogP contribution in [0.3, 0.4) is 0 Å². The van der Waals surface area contributed by atoms with Crippen LogP contribution < -0.4 is 5.32 Å². The molecule has 1 aliphatic heterocycles. The number of amides is 1. The summed E-state index contributed by atoms with van der Waals surface area (Å²) in [7, 11) is -3.77. The van der Waals surface area contributed by atoms with E-state index in [0.29, 0.717) is 29.6 Å². The molecule has 1 heterocycles. The number of anilines is 1. The van der Waals surface area contributed by atoms with Crippen molar-refractivity contribution in [2.24, 2.45) is 5.92 Å². The van der Waals surface area contributed by atoms with E-state index in [9.17, 15) is 23.3 Å². The zero-order chi connectivity index (χ0) is 21.9. The first-order chi connectivity index (χ1) is 14.2. The van der Waals surface area contributed by atoms with Gasteiger partial charge < -0.3 is 5.32 Å². The molecule has 2 aromatic carbocycles. The van der Waals surface area contributed by atoms with E-state index in [-0.39, 0.29) is 16.5 Å². The molecule has 0 bridgehead atoms. The summed E-state index contributed by atoms with van der Waals surface area (Å²) < 4.78 is 27.3. The molecule has 160 valence electrons. The monoisotopic (exact) mass is 449 g/mol. The second-order valence-electron chi connectivity index (χ2n) is 7.28. The van der Waals surface area contributed by atoms with Gasteiger partial charge in [0.05, 0.1) is 14.7 Å². The SMILES string of the molecule is CC(=O)Nc1ccc(Sc2ccc(S(=O)(=O)N3CCC(C)CC3)cc2[N+](=O)[O-])cc1. The Balaban J connectivity index is 1.85. The summed E-state index contributed by atoms with van der Waals surface area (Å²) in [5, 5.41) is 14.3. The first-order valence-corrected chi connectivity index (χ1v) is 11.8. The molecule has 0 saturated carbocycles. The minimum Gasteiger partial charge on any atom is -0.326 e. The van der Waals surface area contributed by atoms with E-state index in [2.05, 4.69) is 12.2 Å². The highest BCUT2D eigenvalue weighted by Crippen LogP contribution is 2.37. The van der Waals surface area contributed by atoms with E-state index in [1.165, 1.54) is 23.4 Å². The van der Waals surface area contributed by atoms with Crippen molar-refractivity contribution in [2.45, 2.75) is 41.4 Å². The quantitative estimate of drug-likeness (QED) is 0.525. The molecular weight excluding hydrogens is 426 g/mol. The standard InChI is InChI=1S/C20H23N3O5S2/c1-14-9-11-22(12-10-14)30(27,28)18-7-8-20(19(13-18)23(25)26)29-17-5-3-16(4-6-17)21-15(2)24/h3-8,13-14H,9-12H2,1-2H3,(H,21,24). The van der Waals surface area contributed by atoms with E-state index < -0.39 is 14.9 Å². The fourth-order valence-corrected chi connectivity index (χ4v) is 5.59. The fourth-order valence-electron chi connectivity index (χ4n) is 3.20. The van der Waals surface area contributed by atoms with E-state index in [1.807, 2.05) is 0 Å². The van der Waals surface area contributed by atoms with E-state index in [0.717, 1.165) is 35.6 Å². The van der Waals surface area contributed by atoms with E-state index in [1.54, 1.807) is 24.3 Å². The van der Waals surface area contributed by atoms with Gasteiger partial charge in [-0.25, -0.2) is 8.42 Å². The lowest BCUT2D eigenvalue weighted by Gasteiger charge is -2.29. The zero-order valence-corrected chi connectivity index (χ0v) is 18.3. The van der Waals surface area contributed by atoms with Gasteiger partial charge in [-0.15, -0.1) is 0 Å². The largest absolute Gasteiger partial charge is 0.326 e. The number of piperidine rings is 1. The molecule has 30 heavy (non-hydrogen) atoms. The highest BCUT2D eigenvalue weighted by atomic mass is 32.2. The predicted molar refractivity (Wildman–Crippen MR) is 115 cm³/mol. The van der Waals surface area contributed by atoms with Gasteiger partial charge in [-0.05, 0) is 55.2 Å². The zero-order valence-electron chi connectivity index (χ0n) is 16.7. The lowest BCUT2D eigenvalue weighted by atomic mass is 10.0. The van der Waals surface area contributed by atoms with Crippen molar-refractivity contribution in [1.29, 1.82) is 0 Å². The number of nitrogens with zero attached hydrogens (tertiary/aromatic N) is 2. The number of nitro benzene ring substituents is 1. The smallest absolute Gasteiger partial charge is 0.284 e. The lowest BCUT2D eigenvalue weighted by Crippen LogP contribution is -2.37. The lowest BCUT2D eigenvalue weighted by molar-refractivity contribution is -0.388. The van der Waals surface area contributed by atoms with Crippen LogP contribution in [-0.4, -0.2) is 36.6 Å². The molecule has 2 aromatic rings. The molecule has 0 aliphatic carbocycles. The van der Waals surface area contributed by atoms with E-state index in [4.69, 9.17) is 0 Å². The topological polar surface area (TPSA) is 110 Å². The first-order valence-electron chi connectivity index (χ1n) is 9.51. The predicted octanol–water partition coefficient (Wildman–Crippen LogP) is 4.13. The molecule has 0 aromatic heterocycles. The van der Waals surface area contributed by atoms with Crippen LogP contribution >= 0.6 is 11.8 Å². The highest BCUT2D eigenvalue weighted by molar-refractivity contribution is 7.99. The maximum Gasteiger partial charge on any atom is 0.284 e. The molecule has 3 rings (SSSR count). The Labute approximate surface area is 179 Å². The molecule has 0 spiro atoms. The van der Waals surface area contributed by atoms with Crippen LogP contribution in [0.15, 0.2) is 57.2 Å². The Morgan fingerprint density at radius 3 is 2.37 bits per heavy atom. The number of sulfonamides is 1. The summed E-state index contributed by atoms with van der Waals surface area (Å²) in [5.74, 6) is 0.285. The molecular formula is C20H23N3O5S2. The second kappa shape index (κ2) is 9.15. The Hall–Kier alpha value is -2.43. The summed E-state index contributed by atoms with van der Waals surface area (Å²) in [6.45, 7) is 4.35. The van der Waals surface area contributed by atoms with Crippen molar-refractivity contribution >= 4 is 39.1 Å². The van der Waals surface area contributed by atoms with Crippen molar-refractivity contribution in [2.75, 3.05) is 18.4 Å². The maximum absolute atomic E-state index is 12.9. The van der Waals surface area contributed by atoms with Gasteiger partial charge in [-0.2, -0.15) is 4.31 Å². The van der Waals surface area contributed by atoms with Crippen molar-refractivity contribution in [1.82, 2.24) is 4.31 Å². The molecule has 1 saturated heterocycles. The van der Waals surface area contributed by atoms with Crippen LogP contribution in [0, 0.1) is 16.0 Å². The molecule has 1 N–H and O–H groups in total. The van der Waals surface area contributed by atoms with Crippen LogP contribution in [-0.2, 0) is 14.8 Å². The number of rotatable bonds is 6. The van der Waals surface area contributed by atoms with Crippen LogP contribution in [0.4, 0.5) is 11.4 Å². The Morgan fingerprint density at radius 1 is 1.17 bits per heavy atom. The average Bonchev–Trinajstić information content (AvgIpc) is 2.69. The molecule has 8 nitrogen and oxygen atoms in total. The van der Waals surface area contributed by atoms with Gasteiger partial charge in [0.25, 0.3) is 5.69 Å². The fraction of sp³-hybridized carbons (Fsp3) is 0.350. The van der Waals surface area contributed by atoms with Crippen molar-refractivity contribution in [3.05, 3.63) is 52.6 Å². The van der Waals surface area contributed by atoms with Gasteiger partial charge in [-0.1, -0.05) is 18.7 Å². The number of nitro groups is 1. The van der Waals surface area contributed by atoms with Gasteiger partial charge in [0.2, 0.25) is 15.9 Å². The van der Waals surface area contributed by atoms with Crippen LogP contribution in [0.2, 0.25) is 0 Å². The van der Waals surface area contributed by atoms with Crippen LogP contribution in [0.25, 0.3) is 0 Å². The first kappa shape index (κ1) is 22.3. The summed E-state index contributed by atoms with van der Waals surface area (Å²) >= 11 is 1.16. The number of benzene rings is 2. The molecule has 0 unspecified atom stereocenters. The summed E-state index contributed by atoms with van der Waals surface area (Å²) in [4.78, 5) is 23.2. The third-order valence-electron chi connectivity index (χ3n) is 4.91. The number of hydrogen-bond acceptors (Lipinski definition) is 6. The van der Waals surface area contributed by atoms with Gasteiger partial charge in [0, 0.05) is 36.7 Å². The van der Waals surface area contributed by atoms with Gasteiger partial charge in [0.15, 0.2) is 0 Å². The van der Waals surface area contributed by atoms with Gasteiger partial charge >= 0.3 is 0 Å². The molecule has 0 radical (unpaired) electrons. The van der Waals surface area contributed by atoms with Crippen LogP contribution in [0.1, 0.15) is 26.7 Å². The average molecular weight is 450 g/mol. The van der Waals surface area contributed by atoms with Crippen molar-refractivity contribution in [3.63, 3.8) is 0 Å². The Kier molecular flexibility index (Phi) is 6.79. The third kappa shape index (κ3) is 5.18. The normalized spacial score (nSPS) is 15.7. The number of nitrogens with one attached hydrogen (secondary N) is 1. The number of carbonyl (C=O) groups excluding carboxylic acids is 1. The minimum absolute atomic E-state index is 0.0610. The maximum atomic E-state index is 12.9. The van der Waals surface area contributed by atoms with Crippen molar-refractivity contribution < 1.29 is 18.1 Å². The van der Waals surface area contributed by atoms with Gasteiger partial charge in [-0.3, -0.25) is 14.9 Å². The second-order valence-corrected chi connectivity index (χ2v) is 10.3. The molecule has 1 fully saturated rings. The van der Waals surface area contributed by atoms with Crippen molar-refractivity contribution in [3.8, 4) is 0 Å². The molecule has 10 heteroatoms. The summed E-state index contributed by atoms with van der Waals surface area (Å²) in [6, 6.07) is 10.9. The minimum atomic E-state index is -3.77. The van der Waals surface area contributed by atoms with E-state index >= 15 is 0 Å². The summed E-state index contributed by atoms with van der Waals surface area (Å²) in [5.41, 5.74) is 0.371. The highest BCUT2D eigenvalue weighted by Gasteiger charge is 2.30. The molecule has 1 amide bonds.